The number of hydrogen-bond acceptors (Lipinski definition) is 3. The molecule has 1 aliphatic heterocycles. The normalized spacial score (nSPS) is 22.7. The molecule has 0 aromatic heterocycles. The van der Waals surface area contributed by atoms with Crippen molar-refractivity contribution >= 4 is 0 Å². The second kappa shape index (κ2) is 7.46. The van der Waals surface area contributed by atoms with E-state index < -0.39 is 0 Å². The summed E-state index contributed by atoms with van der Waals surface area (Å²) in [5.74, 6) is 1.56. The Morgan fingerprint density at radius 2 is 1.72 bits per heavy atom. The molecule has 2 unspecified atom stereocenters. The zero-order valence-corrected chi connectivity index (χ0v) is 13.2. The van der Waals surface area contributed by atoms with E-state index in [2.05, 4.69) is 57.0 Å². The zero-order valence-electron chi connectivity index (χ0n) is 13.2. The van der Waals surface area contributed by atoms with Crippen molar-refractivity contribution < 1.29 is 0 Å². The number of likely N-dealkylation sites (tertiary alicyclic amines) is 1. The number of nitrogens with one attached hydrogen (secondary N) is 1. The lowest BCUT2D eigenvalue weighted by molar-refractivity contribution is 0.172. The Morgan fingerprint density at radius 1 is 1.17 bits per heavy atom. The lowest BCUT2D eigenvalue weighted by atomic mass is 9.90. The number of rotatable bonds is 6. The second-order valence-electron chi connectivity index (χ2n) is 6.61. The van der Waals surface area contributed by atoms with Gasteiger partial charge in [-0.25, -0.2) is 0 Å². The molecule has 1 rings (SSSR count). The largest absolute Gasteiger partial charge is 0.312 e. The predicted octanol–water partition coefficient (Wildman–Crippen LogP) is 1.89. The maximum absolute atomic E-state index is 3.77. The van der Waals surface area contributed by atoms with Crippen LogP contribution in [0.1, 0.15) is 33.6 Å². The standard InChI is InChI=1S/C15H33N3/c1-12(2)15(17(4)5)11-16-13(3)14-7-9-18(6)10-8-14/h12-16H,7-11H2,1-6H3. The second-order valence-corrected chi connectivity index (χ2v) is 6.61. The molecular weight excluding hydrogens is 222 g/mol. The summed E-state index contributed by atoms with van der Waals surface area (Å²) in [5.41, 5.74) is 0. The SMILES string of the molecule is CC(C)C(CNC(C)C1CCN(C)CC1)N(C)C. The molecule has 0 aromatic rings. The molecule has 1 fully saturated rings. The molecule has 18 heavy (non-hydrogen) atoms. The minimum Gasteiger partial charge on any atom is -0.312 e. The van der Waals surface area contributed by atoms with E-state index in [4.69, 9.17) is 0 Å². The van der Waals surface area contributed by atoms with Crippen molar-refractivity contribution in [1.29, 1.82) is 0 Å². The van der Waals surface area contributed by atoms with Crippen molar-refractivity contribution in [2.75, 3.05) is 40.8 Å². The summed E-state index contributed by atoms with van der Waals surface area (Å²) < 4.78 is 0. The quantitative estimate of drug-likeness (QED) is 0.782. The lowest BCUT2D eigenvalue weighted by Gasteiger charge is -2.35. The Labute approximate surface area is 114 Å². The maximum atomic E-state index is 3.77. The molecule has 1 saturated heterocycles. The summed E-state index contributed by atoms with van der Waals surface area (Å²) in [6.45, 7) is 10.6. The fourth-order valence-electron chi connectivity index (χ4n) is 3.02. The van der Waals surface area contributed by atoms with Gasteiger partial charge in [-0.1, -0.05) is 13.8 Å². The molecule has 0 spiro atoms. The van der Waals surface area contributed by atoms with Gasteiger partial charge in [0.1, 0.15) is 0 Å². The number of likely N-dealkylation sites (N-methyl/N-ethyl adjacent to an activating group) is 1. The van der Waals surface area contributed by atoms with E-state index in [9.17, 15) is 0 Å². The number of hydrogen-bond donors (Lipinski definition) is 1. The Kier molecular flexibility index (Phi) is 6.61. The van der Waals surface area contributed by atoms with Gasteiger partial charge < -0.3 is 15.1 Å². The first-order chi connectivity index (χ1) is 8.41. The average molecular weight is 255 g/mol. The highest BCUT2D eigenvalue weighted by atomic mass is 15.1. The van der Waals surface area contributed by atoms with Crippen molar-refractivity contribution in [3.05, 3.63) is 0 Å². The van der Waals surface area contributed by atoms with Gasteiger partial charge in [-0.2, -0.15) is 0 Å². The van der Waals surface area contributed by atoms with E-state index in [1.807, 2.05) is 0 Å². The highest BCUT2D eigenvalue weighted by Crippen LogP contribution is 2.19. The van der Waals surface area contributed by atoms with E-state index in [-0.39, 0.29) is 0 Å². The van der Waals surface area contributed by atoms with Gasteiger partial charge in [0.2, 0.25) is 0 Å². The number of nitrogens with zero attached hydrogens (tertiary/aromatic N) is 2. The minimum atomic E-state index is 0.638. The van der Waals surface area contributed by atoms with Gasteiger partial charge in [0.25, 0.3) is 0 Å². The molecule has 108 valence electrons. The highest BCUT2D eigenvalue weighted by molar-refractivity contribution is 4.81. The van der Waals surface area contributed by atoms with E-state index in [0.717, 1.165) is 12.5 Å². The Balaban J connectivity index is 2.33. The Bertz CT molecular complexity index is 212. The van der Waals surface area contributed by atoms with E-state index in [0.29, 0.717) is 18.0 Å². The molecule has 3 nitrogen and oxygen atoms in total. The van der Waals surface area contributed by atoms with Crippen molar-refractivity contribution in [2.24, 2.45) is 11.8 Å². The molecule has 0 aromatic carbocycles. The number of piperidine rings is 1. The lowest BCUT2D eigenvalue weighted by Crippen LogP contribution is -2.47. The van der Waals surface area contributed by atoms with Crippen LogP contribution >= 0.6 is 0 Å². The van der Waals surface area contributed by atoms with Gasteiger partial charge in [0, 0.05) is 18.6 Å². The summed E-state index contributed by atoms with van der Waals surface area (Å²) in [6, 6.07) is 1.29. The van der Waals surface area contributed by atoms with Crippen LogP contribution in [0.3, 0.4) is 0 Å². The zero-order chi connectivity index (χ0) is 13.7. The smallest absolute Gasteiger partial charge is 0.0237 e. The third-order valence-electron chi connectivity index (χ3n) is 4.55. The van der Waals surface area contributed by atoms with Crippen molar-refractivity contribution in [3.63, 3.8) is 0 Å². The molecule has 2 atom stereocenters. The fourth-order valence-corrected chi connectivity index (χ4v) is 3.02. The van der Waals surface area contributed by atoms with Crippen LogP contribution in [0.2, 0.25) is 0 Å². The molecule has 3 heteroatoms. The highest BCUT2D eigenvalue weighted by Gasteiger charge is 2.23. The first-order valence-corrected chi connectivity index (χ1v) is 7.50. The predicted molar refractivity (Wildman–Crippen MR) is 80.0 cm³/mol. The molecule has 0 amide bonds. The van der Waals surface area contributed by atoms with Gasteiger partial charge in [-0.05, 0) is 65.8 Å². The average Bonchev–Trinajstić information content (AvgIpc) is 2.28. The molecule has 1 N–H and O–H groups in total. The van der Waals surface area contributed by atoms with E-state index in [1.54, 1.807) is 0 Å². The molecule has 1 aliphatic rings. The van der Waals surface area contributed by atoms with Gasteiger partial charge in [0.15, 0.2) is 0 Å². The van der Waals surface area contributed by atoms with Gasteiger partial charge in [-0.3, -0.25) is 0 Å². The fraction of sp³-hybridized carbons (Fsp3) is 1.00. The van der Waals surface area contributed by atoms with Gasteiger partial charge in [-0.15, -0.1) is 0 Å². The van der Waals surface area contributed by atoms with Crippen LogP contribution in [0.5, 0.6) is 0 Å². The molecule has 0 saturated carbocycles. The van der Waals surface area contributed by atoms with Crippen LogP contribution in [-0.4, -0.2) is 62.7 Å². The van der Waals surface area contributed by atoms with Crippen molar-refractivity contribution in [2.45, 2.75) is 45.7 Å². The van der Waals surface area contributed by atoms with E-state index in [1.165, 1.54) is 25.9 Å². The third-order valence-corrected chi connectivity index (χ3v) is 4.55. The summed E-state index contributed by atoms with van der Waals surface area (Å²) in [4.78, 5) is 4.79. The Morgan fingerprint density at radius 3 is 2.17 bits per heavy atom. The maximum Gasteiger partial charge on any atom is 0.0237 e. The first kappa shape index (κ1) is 15.9. The van der Waals surface area contributed by atoms with Gasteiger partial charge >= 0.3 is 0 Å². The summed E-state index contributed by atoms with van der Waals surface area (Å²) >= 11 is 0. The van der Waals surface area contributed by atoms with Crippen molar-refractivity contribution in [3.8, 4) is 0 Å². The summed E-state index contributed by atoms with van der Waals surface area (Å²) in [5, 5.41) is 3.77. The molecule has 1 heterocycles. The van der Waals surface area contributed by atoms with Crippen LogP contribution in [0.15, 0.2) is 0 Å². The summed E-state index contributed by atoms with van der Waals surface area (Å²) in [6.07, 6.45) is 2.69. The van der Waals surface area contributed by atoms with Crippen LogP contribution in [0.4, 0.5) is 0 Å². The molecule has 0 radical (unpaired) electrons. The Hall–Kier alpha value is -0.120. The van der Waals surface area contributed by atoms with Crippen LogP contribution < -0.4 is 5.32 Å². The summed E-state index contributed by atoms with van der Waals surface area (Å²) in [7, 11) is 6.61. The topological polar surface area (TPSA) is 18.5 Å². The van der Waals surface area contributed by atoms with Crippen LogP contribution in [0.25, 0.3) is 0 Å². The van der Waals surface area contributed by atoms with Gasteiger partial charge in [0.05, 0.1) is 0 Å². The van der Waals surface area contributed by atoms with Crippen LogP contribution in [0, 0.1) is 11.8 Å². The molecule has 0 aliphatic carbocycles. The third kappa shape index (κ3) is 4.87. The van der Waals surface area contributed by atoms with Crippen LogP contribution in [-0.2, 0) is 0 Å². The minimum absolute atomic E-state index is 0.638. The van der Waals surface area contributed by atoms with E-state index >= 15 is 0 Å². The molecular formula is C15H33N3. The van der Waals surface area contributed by atoms with Crippen molar-refractivity contribution in [1.82, 2.24) is 15.1 Å². The first-order valence-electron chi connectivity index (χ1n) is 7.50. The molecule has 0 bridgehead atoms. The monoisotopic (exact) mass is 255 g/mol.